The molecule has 2 bridgehead atoms. The topological polar surface area (TPSA) is 48.9 Å². The van der Waals surface area contributed by atoms with Crippen LogP contribution in [-0.4, -0.2) is 50.4 Å². The Morgan fingerprint density at radius 2 is 2.16 bits per heavy atom. The van der Waals surface area contributed by atoms with Gasteiger partial charge in [-0.1, -0.05) is 18.2 Å². The van der Waals surface area contributed by atoms with Crippen molar-refractivity contribution < 1.29 is 4.74 Å². The first kappa shape index (κ1) is 18.8. The molecule has 0 aliphatic carbocycles. The molecule has 2 fully saturated rings. The molecule has 6 heteroatoms. The van der Waals surface area contributed by atoms with Gasteiger partial charge in [-0.2, -0.15) is 0 Å². The molecule has 0 radical (unpaired) electrons. The summed E-state index contributed by atoms with van der Waals surface area (Å²) >= 11 is 0. The number of hydrogen-bond donors (Lipinski definition) is 2. The van der Waals surface area contributed by atoms with Crippen molar-refractivity contribution in [2.75, 3.05) is 25.0 Å². The first-order valence-electron chi connectivity index (χ1n) is 9.22. The van der Waals surface area contributed by atoms with Crippen LogP contribution in [0.25, 0.3) is 0 Å². The number of guanidine groups is 1. The van der Waals surface area contributed by atoms with Gasteiger partial charge in [0.25, 0.3) is 0 Å². The molecule has 2 saturated heterocycles. The van der Waals surface area contributed by atoms with Gasteiger partial charge in [0.15, 0.2) is 5.96 Å². The van der Waals surface area contributed by atoms with Gasteiger partial charge in [0, 0.05) is 31.9 Å². The lowest BCUT2D eigenvalue weighted by atomic mass is 9.96. The quantitative estimate of drug-likeness (QED) is 0.416. The molecular formula is C19H29IN4O. The second-order valence-corrected chi connectivity index (χ2v) is 7.23. The standard InChI is InChI=1S/C19H28N4O.HI/c1-13-11-14-5-3-4-6-17(14)23(13)10-9-21-19(20-2)22-16-12-15-7-8-18(16)24-15;/h3-6,13,15-16,18H,7-12H2,1-2H3,(H2,20,21,22);1H. The molecule has 5 nitrogen and oxygen atoms in total. The van der Waals surface area contributed by atoms with Crippen molar-refractivity contribution in [1.82, 2.24) is 10.6 Å². The van der Waals surface area contributed by atoms with Gasteiger partial charge in [-0.3, -0.25) is 4.99 Å². The maximum atomic E-state index is 5.92. The molecule has 1 aromatic carbocycles. The minimum atomic E-state index is 0. The highest BCUT2D eigenvalue weighted by molar-refractivity contribution is 14.0. The summed E-state index contributed by atoms with van der Waals surface area (Å²) in [6, 6.07) is 9.73. The third-order valence-corrected chi connectivity index (χ3v) is 5.65. The van der Waals surface area contributed by atoms with E-state index in [1.165, 1.54) is 24.1 Å². The van der Waals surface area contributed by atoms with E-state index in [1.54, 1.807) is 0 Å². The summed E-state index contributed by atoms with van der Waals surface area (Å²) in [5, 5.41) is 7.02. The molecule has 138 valence electrons. The zero-order valence-corrected chi connectivity index (χ0v) is 17.4. The Kier molecular flexibility index (Phi) is 6.09. The molecule has 0 aromatic heterocycles. The summed E-state index contributed by atoms with van der Waals surface area (Å²) in [7, 11) is 1.84. The molecule has 0 spiro atoms. The van der Waals surface area contributed by atoms with Crippen LogP contribution >= 0.6 is 24.0 Å². The number of aliphatic imine (C=N–C) groups is 1. The minimum absolute atomic E-state index is 0. The maximum Gasteiger partial charge on any atom is 0.191 e. The van der Waals surface area contributed by atoms with Crippen LogP contribution in [0.4, 0.5) is 5.69 Å². The number of hydrogen-bond acceptors (Lipinski definition) is 3. The second kappa shape index (κ2) is 8.12. The molecule has 0 saturated carbocycles. The fourth-order valence-electron chi connectivity index (χ4n) is 4.43. The van der Waals surface area contributed by atoms with E-state index in [1.807, 2.05) is 7.05 Å². The van der Waals surface area contributed by atoms with E-state index < -0.39 is 0 Å². The molecule has 4 atom stereocenters. The number of nitrogens with one attached hydrogen (secondary N) is 2. The number of rotatable bonds is 4. The summed E-state index contributed by atoms with van der Waals surface area (Å²) in [6.07, 6.45) is 5.50. The van der Waals surface area contributed by atoms with Gasteiger partial charge < -0.3 is 20.3 Å². The molecule has 3 aliphatic rings. The first-order valence-corrected chi connectivity index (χ1v) is 9.22. The zero-order valence-electron chi connectivity index (χ0n) is 15.1. The predicted molar refractivity (Wildman–Crippen MR) is 113 cm³/mol. The van der Waals surface area contributed by atoms with Crippen LogP contribution in [0.1, 0.15) is 31.7 Å². The van der Waals surface area contributed by atoms with Gasteiger partial charge in [0.2, 0.25) is 0 Å². The first-order chi connectivity index (χ1) is 11.7. The van der Waals surface area contributed by atoms with Crippen molar-refractivity contribution in [2.45, 2.75) is 56.9 Å². The second-order valence-electron chi connectivity index (χ2n) is 7.23. The van der Waals surface area contributed by atoms with Crippen LogP contribution in [0.15, 0.2) is 29.3 Å². The van der Waals surface area contributed by atoms with Crippen molar-refractivity contribution in [3.8, 4) is 0 Å². The Hall–Kier alpha value is -1.02. The van der Waals surface area contributed by atoms with Crippen LogP contribution in [0.3, 0.4) is 0 Å². The van der Waals surface area contributed by atoms with Crippen molar-refractivity contribution in [3.63, 3.8) is 0 Å². The molecule has 3 heterocycles. The van der Waals surface area contributed by atoms with Crippen molar-refractivity contribution >= 4 is 35.6 Å². The van der Waals surface area contributed by atoms with E-state index >= 15 is 0 Å². The van der Waals surface area contributed by atoms with Gasteiger partial charge >= 0.3 is 0 Å². The number of nitrogens with zero attached hydrogens (tertiary/aromatic N) is 2. The summed E-state index contributed by atoms with van der Waals surface area (Å²) in [5.74, 6) is 0.899. The lowest BCUT2D eigenvalue weighted by Gasteiger charge is -2.26. The number of anilines is 1. The van der Waals surface area contributed by atoms with Crippen LogP contribution < -0.4 is 15.5 Å². The normalized spacial score (nSPS) is 30.2. The lowest BCUT2D eigenvalue weighted by Crippen LogP contribution is -2.49. The Morgan fingerprint density at radius 1 is 1.32 bits per heavy atom. The van der Waals surface area contributed by atoms with Crippen LogP contribution in [0.2, 0.25) is 0 Å². The van der Waals surface area contributed by atoms with Gasteiger partial charge in [0.1, 0.15) is 0 Å². The van der Waals surface area contributed by atoms with E-state index in [2.05, 4.69) is 51.7 Å². The Bertz CT molecular complexity index is 623. The molecule has 4 rings (SSSR count). The largest absolute Gasteiger partial charge is 0.373 e. The number of halogens is 1. The smallest absolute Gasteiger partial charge is 0.191 e. The van der Waals surface area contributed by atoms with Gasteiger partial charge in [0.05, 0.1) is 18.2 Å². The molecule has 3 aliphatic heterocycles. The zero-order chi connectivity index (χ0) is 16.5. The van der Waals surface area contributed by atoms with Crippen molar-refractivity contribution in [1.29, 1.82) is 0 Å². The third-order valence-electron chi connectivity index (χ3n) is 5.65. The minimum Gasteiger partial charge on any atom is -0.373 e. The fraction of sp³-hybridized carbons (Fsp3) is 0.632. The van der Waals surface area contributed by atoms with E-state index in [9.17, 15) is 0 Å². The maximum absolute atomic E-state index is 5.92. The monoisotopic (exact) mass is 456 g/mol. The van der Waals surface area contributed by atoms with E-state index in [0.29, 0.717) is 24.3 Å². The highest BCUT2D eigenvalue weighted by atomic mass is 127. The SMILES string of the molecule is CN=C(NCCN1c2ccccc2CC1C)NC1CC2CCC1O2.I. The van der Waals surface area contributed by atoms with E-state index in [4.69, 9.17) is 4.74 Å². The predicted octanol–water partition coefficient (Wildman–Crippen LogP) is 2.54. The number of para-hydroxylation sites is 1. The number of fused-ring (bicyclic) bond motifs is 3. The fourth-order valence-corrected chi connectivity index (χ4v) is 4.43. The molecule has 4 unspecified atom stereocenters. The summed E-state index contributed by atoms with van der Waals surface area (Å²) in [6.45, 7) is 4.19. The van der Waals surface area contributed by atoms with Crippen molar-refractivity contribution in [3.05, 3.63) is 29.8 Å². The van der Waals surface area contributed by atoms with Crippen LogP contribution in [0, 0.1) is 0 Å². The number of ether oxygens (including phenoxy) is 1. The van der Waals surface area contributed by atoms with E-state index in [-0.39, 0.29) is 24.0 Å². The summed E-state index contributed by atoms with van der Waals surface area (Å²) in [5.41, 5.74) is 2.85. The Balaban J connectivity index is 0.00000182. The molecular weight excluding hydrogens is 427 g/mol. The van der Waals surface area contributed by atoms with Gasteiger partial charge in [-0.25, -0.2) is 0 Å². The van der Waals surface area contributed by atoms with Crippen molar-refractivity contribution in [2.24, 2.45) is 4.99 Å². The molecule has 1 aromatic rings. The molecule has 0 amide bonds. The van der Waals surface area contributed by atoms with E-state index in [0.717, 1.165) is 31.9 Å². The summed E-state index contributed by atoms with van der Waals surface area (Å²) in [4.78, 5) is 6.88. The molecule has 2 N–H and O–H groups in total. The third kappa shape index (κ3) is 3.89. The van der Waals surface area contributed by atoms with Crippen LogP contribution in [-0.2, 0) is 11.2 Å². The molecule has 25 heavy (non-hydrogen) atoms. The highest BCUT2D eigenvalue weighted by Crippen LogP contribution is 2.34. The average molecular weight is 456 g/mol. The lowest BCUT2D eigenvalue weighted by molar-refractivity contribution is 0.0992. The highest BCUT2D eigenvalue weighted by Gasteiger charge is 2.41. The van der Waals surface area contributed by atoms with Gasteiger partial charge in [-0.15, -0.1) is 24.0 Å². The number of benzene rings is 1. The Morgan fingerprint density at radius 3 is 2.88 bits per heavy atom. The average Bonchev–Trinajstić information content (AvgIpc) is 3.28. The summed E-state index contributed by atoms with van der Waals surface area (Å²) < 4.78 is 5.92. The van der Waals surface area contributed by atoms with Crippen LogP contribution in [0.5, 0.6) is 0 Å². The Labute approximate surface area is 167 Å². The van der Waals surface area contributed by atoms with Gasteiger partial charge in [-0.05, 0) is 44.2 Å².